The van der Waals surface area contributed by atoms with Crippen molar-refractivity contribution in [1.82, 2.24) is 9.55 Å². The number of hydrogen-bond donors (Lipinski definition) is 1. The molecule has 2 aliphatic heterocycles. The molecule has 2 aliphatic rings. The van der Waals surface area contributed by atoms with Gasteiger partial charge < -0.3 is 9.47 Å². The van der Waals surface area contributed by atoms with Crippen molar-refractivity contribution in [3.8, 4) is 0 Å². The van der Waals surface area contributed by atoms with Crippen LogP contribution in [0.25, 0.3) is 0 Å². The summed E-state index contributed by atoms with van der Waals surface area (Å²) in [6.07, 6.45) is 1.28. The maximum atomic E-state index is 11.6. The lowest BCUT2D eigenvalue weighted by molar-refractivity contribution is -0.152. The Bertz CT molecular complexity index is 520. The second kappa shape index (κ2) is 3.29. The van der Waals surface area contributed by atoms with Gasteiger partial charge in [0.15, 0.2) is 0 Å². The summed E-state index contributed by atoms with van der Waals surface area (Å²) in [5.74, 6) is 0.113. The van der Waals surface area contributed by atoms with Gasteiger partial charge in [-0.25, -0.2) is 4.79 Å². The minimum atomic E-state index is -0.439. The SMILES string of the molecule is C[C@@H]1[C@H]2OC[C@H]2O[C@H]1n1ccc(=O)[nH]c1=O. The summed E-state index contributed by atoms with van der Waals surface area (Å²) in [6, 6.07) is 1.32. The van der Waals surface area contributed by atoms with Crippen LogP contribution in [0.4, 0.5) is 0 Å². The highest BCUT2D eigenvalue weighted by molar-refractivity contribution is 4.95. The van der Waals surface area contributed by atoms with Crippen LogP contribution in [0.3, 0.4) is 0 Å². The van der Waals surface area contributed by atoms with E-state index in [1.807, 2.05) is 6.92 Å². The summed E-state index contributed by atoms with van der Waals surface area (Å²) in [4.78, 5) is 24.8. The molecule has 0 aromatic carbocycles. The summed E-state index contributed by atoms with van der Waals surface area (Å²) in [7, 11) is 0. The zero-order valence-electron chi connectivity index (χ0n) is 8.75. The number of aromatic amines is 1. The normalized spacial score (nSPS) is 36.8. The molecule has 1 aromatic rings. The molecule has 0 aliphatic carbocycles. The van der Waals surface area contributed by atoms with E-state index in [0.29, 0.717) is 6.61 Å². The molecule has 0 saturated carbocycles. The number of fused-ring (bicyclic) bond motifs is 1. The number of H-pyrrole nitrogens is 1. The van der Waals surface area contributed by atoms with E-state index in [1.54, 1.807) is 0 Å². The Hall–Kier alpha value is -1.40. The van der Waals surface area contributed by atoms with Crippen molar-refractivity contribution in [2.45, 2.75) is 25.4 Å². The van der Waals surface area contributed by atoms with Gasteiger partial charge in [-0.2, -0.15) is 0 Å². The largest absolute Gasteiger partial charge is 0.372 e. The van der Waals surface area contributed by atoms with Crippen molar-refractivity contribution >= 4 is 0 Å². The topological polar surface area (TPSA) is 73.3 Å². The van der Waals surface area contributed by atoms with Crippen LogP contribution in [0, 0.1) is 5.92 Å². The second-order valence-electron chi connectivity index (χ2n) is 4.24. The summed E-state index contributed by atoms with van der Waals surface area (Å²) < 4.78 is 12.5. The summed E-state index contributed by atoms with van der Waals surface area (Å²) in [6.45, 7) is 2.57. The average Bonchev–Trinajstić information content (AvgIpc) is 2.39. The zero-order valence-corrected chi connectivity index (χ0v) is 8.75. The van der Waals surface area contributed by atoms with E-state index in [0.717, 1.165) is 0 Å². The lowest BCUT2D eigenvalue weighted by atomic mass is 9.98. The standard InChI is InChI=1S/C10H12N2O4/c1-5-8-6(4-15-8)16-9(5)12-3-2-7(13)11-10(12)14/h2-3,5-6,8-9H,4H2,1H3,(H,11,13,14)/t5-,6-,8-,9-/m1/s1. The molecule has 3 heterocycles. The van der Waals surface area contributed by atoms with Crippen LogP contribution in [0.2, 0.25) is 0 Å². The molecule has 6 heteroatoms. The molecule has 0 amide bonds. The van der Waals surface area contributed by atoms with E-state index in [1.165, 1.54) is 16.8 Å². The molecule has 1 N–H and O–H groups in total. The minimum Gasteiger partial charge on any atom is -0.372 e. The molecule has 16 heavy (non-hydrogen) atoms. The lowest BCUT2D eigenvalue weighted by Gasteiger charge is -2.30. The van der Waals surface area contributed by atoms with Crippen molar-refractivity contribution in [3.05, 3.63) is 33.1 Å². The summed E-state index contributed by atoms with van der Waals surface area (Å²) >= 11 is 0. The maximum absolute atomic E-state index is 11.6. The van der Waals surface area contributed by atoms with Crippen LogP contribution < -0.4 is 11.2 Å². The third-order valence-electron chi connectivity index (χ3n) is 3.23. The van der Waals surface area contributed by atoms with E-state index in [-0.39, 0.29) is 24.4 Å². The van der Waals surface area contributed by atoms with Crippen molar-refractivity contribution in [2.24, 2.45) is 5.92 Å². The van der Waals surface area contributed by atoms with Crippen LogP contribution >= 0.6 is 0 Å². The Kier molecular flexibility index (Phi) is 2.02. The van der Waals surface area contributed by atoms with Crippen molar-refractivity contribution < 1.29 is 9.47 Å². The van der Waals surface area contributed by atoms with Crippen LogP contribution in [0.15, 0.2) is 21.9 Å². The Morgan fingerprint density at radius 3 is 2.81 bits per heavy atom. The van der Waals surface area contributed by atoms with Crippen LogP contribution in [-0.4, -0.2) is 28.4 Å². The quantitative estimate of drug-likeness (QED) is 0.696. The molecule has 0 spiro atoms. The van der Waals surface area contributed by atoms with Crippen molar-refractivity contribution in [1.29, 1.82) is 0 Å². The molecule has 0 bridgehead atoms. The number of aromatic nitrogens is 2. The molecule has 3 rings (SSSR count). The number of ether oxygens (including phenoxy) is 2. The Balaban J connectivity index is 1.98. The van der Waals surface area contributed by atoms with Gasteiger partial charge >= 0.3 is 5.69 Å². The molecule has 0 unspecified atom stereocenters. The maximum Gasteiger partial charge on any atom is 0.330 e. The molecule has 2 saturated heterocycles. The lowest BCUT2D eigenvalue weighted by Crippen LogP contribution is -2.43. The van der Waals surface area contributed by atoms with Gasteiger partial charge in [0.25, 0.3) is 5.56 Å². The number of rotatable bonds is 1. The van der Waals surface area contributed by atoms with Gasteiger partial charge in [0.2, 0.25) is 0 Å². The highest BCUT2D eigenvalue weighted by Crippen LogP contribution is 2.40. The van der Waals surface area contributed by atoms with Gasteiger partial charge in [0, 0.05) is 18.2 Å². The van der Waals surface area contributed by atoms with Crippen LogP contribution in [0.1, 0.15) is 13.2 Å². The van der Waals surface area contributed by atoms with Crippen LogP contribution in [0.5, 0.6) is 0 Å². The average molecular weight is 224 g/mol. The molecule has 2 fully saturated rings. The molecular formula is C10H12N2O4. The van der Waals surface area contributed by atoms with E-state index in [2.05, 4.69) is 4.98 Å². The van der Waals surface area contributed by atoms with E-state index < -0.39 is 11.2 Å². The third-order valence-corrected chi connectivity index (χ3v) is 3.23. The van der Waals surface area contributed by atoms with Gasteiger partial charge in [0.05, 0.1) is 12.7 Å². The fourth-order valence-corrected chi connectivity index (χ4v) is 2.30. The highest BCUT2D eigenvalue weighted by Gasteiger charge is 2.49. The Labute approximate surface area is 90.8 Å². The predicted molar refractivity (Wildman–Crippen MR) is 54.1 cm³/mol. The second-order valence-corrected chi connectivity index (χ2v) is 4.24. The molecular weight excluding hydrogens is 212 g/mol. The number of nitrogens with zero attached hydrogens (tertiary/aromatic N) is 1. The first-order valence-electron chi connectivity index (χ1n) is 5.25. The van der Waals surface area contributed by atoms with E-state index in [9.17, 15) is 9.59 Å². The van der Waals surface area contributed by atoms with Crippen molar-refractivity contribution in [2.75, 3.05) is 6.61 Å². The molecule has 1 aromatic heterocycles. The van der Waals surface area contributed by atoms with Gasteiger partial charge in [-0.1, -0.05) is 6.92 Å². The Morgan fingerprint density at radius 2 is 2.31 bits per heavy atom. The smallest absolute Gasteiger partial charge is 0.330 e. The first-order valence-corrected chi connectivity index (χ1v) is 5.25. The first kappa shape index (κ1) is 9.80. The molecule has 86 valence electrons. The predicted octanol–water partition coefficient (Wildman–Crippen LogP) is -0.531. The fourth-order valence-electron chi connectivity index (χ4n) is 2.30. The van der Waals surface area contributed by atoms with E-state index >= 15 is 0 Å². The fraction of sp³-hybridized carbons (Fsp3) is 0.600. The van der Waals surface area contributed by atoms with Gasteiger partial charge in [0.1, 0.15) is 12.3 Å². The highest BCUT2D eigenvalue weighted by atomic mass is 16.6. The number of hydrogen-bond acceptors (Lipinski definition) is 4. The zero-order chi connectivity index (χ0) is 11.3. The van der Waals surface area contributed by atoms with E-state index in [4.69, 9.17) is 9.47 Å². The minimum absolute atomic E-state index is 0.0730. The summed E-state index contributed by atoms with van der Waals surface area (Å²) in [5.41, 5.74) is -0.836. The third kappa shape index (κ3) is 1.27. The van der Waals surface area contributed by atoms with Gasteiger partial charge in [-0.15, -0.1) is 0 Å². The van der Waals surface area contributed by atoms with Crippen LogP contribution in [-0.2, 0) is 9.47 Å². The Morgan fingerprint density at radius 1 is 1.50 bits per heavy atom. The molecule has 6 nitrogen and oxygen atoms in total. The first-order chi connectivity index (χ1) is 7.66. The molecule has 4 atom stereocenters. The molecule has 0 radical (unpaired) electrons. The van der Waals surface area contributed by atoms with Gasteiger partial charge in [-0.05, 0) is 0 Å². The van der Waals surface area contributed by atoms with Crippen molar-refractivity contribution in [3.63, 3.8) is 0 Å². The summed E-state index contributed by atoms with van der Waals surface area (Å²) in [5, 5.41) is 0. The van der Waals surface area contributed by atoms with Gasteiger partial charge in [-0.3, -0.25) is 14.3 Å². The number of nitrogens with one attached hydrogen (secondary N) is 1. The monoisotopic (exact) mass is 224 g/mol.